The van der Waals surface area contributed by atoms with Crippen LogP contribution in [-0.2, 0) is 4.79 Å². The van der Waals surface area contributed by atoms with E-state index in [1.54, 1.807) is 18.2 Å². The Morgan fingerprint density at radius 2 is 1.72 bits per heavy atom. The van der Waals surface area contributed by atoms with Crippen LogP contribution in [0, 0.1) is 0 Å². The second kappa shape index (κ2) is 7.73. The standard InChI is InChI=1S/C21H17Cl2NO/c1-14(17-9-8-16-4-2-3-5-18(16)13-17)24-21(25)11-7-15-6-10-19(22)20(23)12-15/h2-14H,1H3,(H,24,25). The van der Waals surface area contributed by atoms with Gasteiger partial charge in [-0.2, -0.15) is 0 Å². The molecule has 126 valence electrons. The molecule has 0 aliphatic rings. The van der Waals surface area contributed by atoms with E-state index in [9.17, 15) is 4.79 Å². The molecule has 4 heteroatoms. The van der Waals surface area contributed by atoms with Crippen molar-refractivity contribution in [1.29, 1.82) is 0 Å². The van der Waals surface area contributed by atoms with Gasteiger partial charge in [-0.3, -0.25) is 4.79 Å². The van der Waals surface area contributed by atoms with Crippen LogP contribution in [0.1, 0.15) is 24.1 Å². The van der Waals surface area contributed by atoms with Gasteiger partial charge in [0, 0.05) is 6.08 Å². The lowest BCUT2D eigenvalue weighted by molar-refractivity contribution is -0.117. The summed E-state index contributed by atoms with van der Waals surface area (Å²) in [5.41, 5.74) is 1.89. The van der Waals surface area contributed by atoms with Crippen LogP contribution in [0.15, 0.2) is 66.7 Å². The zero-order valence-corrected chi connectivity index (χ0v) is 15.2. The number of carbonyl (C=O) groups excluding carboxylic acids is 1. The minimum atomic E-state index is -0.160. The van der Waals surface area contributed by atoms with Gasteiger partial charge in [0.2, 0.25) is 5.91 Å². The van der Waals surface area contributed by atoms with Crippen molar-refractivity contribution in [2.45, 2.75) is 13.0 Å². The second-order valence-corrected chi connectivity index (χ2v) is 6.66. The summed E-state index contributed by atoms with van der Waals surface area (Å²) in [6.45, 7) is 1.97. The summed E-state index contributed by atoms with van der Waals surface area (Å²) in [7, 11) is 0. The number of halogens is 2. The number of hydrogen-bond acceptors (Lipinski definition) is 1. The molecule has 0 heterocycles. The largest absolute Gasteiger partial charge is 0.346 e. The third-order valence-corrected chi connectivity index (χ3v) is 4.74. The minimum absolute atomic E-state index is 0.0874. The Morgan fingerprint density at radius 1 is 0.960 bits per heavy atom. The molecule has 0 radical (unpaired) electrons. The van der Waals surface area contributed by atoms with Gasteiger partial charge < -0.3 is 5.32 Å². The van der Waals surface area contributed by atoms with E-state index in [1.165, 1.54) is 11.5 Å². The van der Waals surface area contributed by atoms with Crippen LogP contribution < -0.4 is 5.32 Å². The van der Waals surface area contributed by atoms with Gasteiger partial charge in [0.1, 0.15) is 0 Å². The summed E-state index contributed by atoms with van der Waals surface area (Å²) in [6, 6.07) is 19.5. The minimum Gasteiger partial charge on any atom is -0.346 e. The molecule has 1 N–H and O–H groups in total. The molecule has 0 spiro atoms. The molecule has 1 atom stereocenters. The average molecular weight is 370 g/mol. The highest BCUT2D eigenvalue weighted by Crippen LogP contribution is 2.23. The summed E-state index contributed by atoms with van der Waals surface area (Å²) >= 11 is 11.9. The molecule has 0 saturated heterocycles. The summed E-state index contributed by atoms with van der Waals surface area (Å²) in [6.07, 6.45) is 3.21. The molecule has 0 saturated carbocycles. The maximum Gasteiger partial charge on any atom is 0.244 e. The number of nitrogens with one attached hydrogen (secondary N) is 1. The van der Waals surface area contributed by atoms with E-state index in [2.05, 4.69) is 29.6 Å². The fourth-order valence-corrected chi connectivity index (χ4v) is 2.92. The summed E-state index contributed by atoms with van der Waals surface area (Å²) in [4.78, 5) is 12.2. The highest BCUT2D eigenvalue weighted by molar-refractivity contribution is 6.42. The lowest BCUT2D eigenvalue weighted by Crippen LogP contribution is -2.24. The number of rotatable bonds is 4. The quantitative estimate of drug-likeness (QED) is 0.558. The van der Waals surface area contributed by atoms with Gasteiger partial charge >= 0.3 is 0 Å². The number of amides is 1. The Balaban J connectivity index is 1.68. The smallest absolute Gasteiger partial charge is 0.244 e. The van der Waals surface area contributed by atoms with Crippen LogP contribution in [0.4, 0.5) is 0 Å². The number of hydrogen-bond donors (Lipinski definition) is 1. The first-order valence-electron chi connectivity index (χ1n) is 7.95. The van der Waals surface area contributed by atoms with Gasteiger partial charge in [0.25, 0.3) is 0 Å². The predicted octanol–water partition coefficient (Wildman–Crippen LogP) is 6.04. The Kier molecular flexibility index (Phi) is 5.42. The highest BCUT2D eigenvalue weighted by atomic mass is 35.5. The topological polar surface area (TPSA) is 29.1 Å². The summed E-state index contributed by atoms with van der Waals surface area (Å²) < 4.78 is 0. The molecule has 0 aliphatic carbocycles. The predicted molar refractivity (Wildman–Crippen MR) is 106 cm³/mol. The monoisotopic (exact) mass is 369 g/mol. The first kappa shape index (κ1) is 17.5. The normalized spacial score (nSPS) is 12.4. The Bertz CT molecular complexity index is 950. The number of benzene rings is 3. The van der Waals surface area contributed by atoms with E-state index >= 15 is 0 Å². The first-order valence-corrected chi connectivity index (χ1v) is 8.71. The van der Waals surface area contributed by atoms with Gasteiger partial charge in [-0.1, -0.05) is 65.7 Å². The van der Waals surface area contributed by atoms with Crippen molar-refractivity contribution in [3.63, 3.8) is 0 Å². The molecule has 1 unspecified atom stereocenters. The van der Waals surface area contributed by atoms with Gasteiger partial charge in [-0.25, -0.2) is 0 Å². The van der Waals surface area contributed by atoms with E-state index < -0.39 is 0 Å². The zero-order valence-electron chi connectivity index (χ0n) is 13.7. The molecule has 0 bridgehead atoms. The summed E-state index contributed by atoms with van der Waals surface area (Å²) in [5, 5.41) is 6.28. The third-order valence-electron chi connectivity index (χ3n) is 4.00. The molecule has 2 nitrogen and oxygen atoms in total. The number of carbonyl (C=O) groups is 1. The third kappa shape index (κ3) is 4.41. The van der Waals surface area contributed by atoms with Crippen molar-refractivity contribution < 1.29 is 4.79 Å². The van der Waals surface area contributed by atoms with Gasteiger partial charge in [0.05, 0.1) is 16.1 Å². The fourth-order valence-electron chi connectivity index (χ4n) is 2.61. The van der Waals surface area contributed by atoms with Crippen LogP contribution in [0.2, 0.25) is 10.0 Å². The van der Waals surface area contributed by atoms with Gasteiger partial charge in [-0.05, 0) is 53.1 Å². The Hall–Kier alpha value is -2.29. The molecule has 0 fully saturated rings. The van der Waals surface area contributed by atoms with Crippen LogP contribution in [0.25, 0.3) is 16.8 Å². The maximum absolute atomic E-state index is 12.2. The highest BCUT2D eigenvalue weighted by Gasteiger charge is 2.08. The van der Waals surface area contributed by atoms with Gasteiger partial charge in [0.15, 0.2) is 0 Å². The molecule has 1 amide bonds. The van der Waals surface area contributed by atoms with E-state index in [0.29, 0.717) is 10.0 Å². The number of fused-ring (bicyclic) bond motifs is 1. The van der Waals surface area contributed by atoms with E-state index in [4.69, 9.17) is 23.2 Å². The van der Waals surface area contributed by atoms with Crippen LogP contribution in [0.3, 0.4) is 0 Å². The van der Waals surface area contributed by atoms with Gasteiger partial charge in [-0.15, -0.1) is 0 Å². The summed E-state index contributed by atoms with van der Waals surface area (Å²) in [5.74, 6) is -0.160. The molecule has 3 aromatic rings. The molecule has 25 heavy (non-hydrogen) atoms. The molecule has 3 aromatic carbocycles. The van der Waals surface area contributed by atoms with Crippen molar-refractivity contribution in [2.75, 3.05) is 0 Å². The average Bonchev–Trinajstić information content (AvgIpc) is 2.62. The van der Waals surface area contributed by atoms with Crippen molar-refractivity contribution in [3.8, 4) is 0 Å². The SMILES string of the molecule is CC(NC(=O)C=Cc1ccc(Cl)c(Cl)c1)c1ccc2ccccc2c1. The maximum atomic E-state index is 12.2. The van der Waals surface area contributed by atoms with Crippen LogP contribution >= 0.6 is 23.2 Å². The van der Waals surface area contributed by atoms with Crippen molar-refractivity contribution in [1.82, 2.24) is 5.32 Å². The molecule has 0 aromatic heterocycles. The Labute approximate surface area is 157 Å². The molecule has 0 aliphatic heterocycles. The lowest BCUT2D eigenvalue weighted by Gasteiger charge is -2.14. The van der Waals surface area contributed by atoms with Crippen LogP contribution in [0.5, 0.6) is 0 Å². The van der Waals surface area contributed by atoms with Crippen molar-refractivity contribution in [3.05, 3.63) is 87.9 Å². The molecular formula is C21H17Cl2NO. The lowest BCUT2D eigenvalue weighted by atomic mass is 10.0. The van der Waals surface area contributed by atoms with Crippen molar-refractivity contribution >= 4 is 46.0 Å². The van der Waals surface area contributed by atoms with E-state index in [1.807, 2.05) is 31.2 Å². The molecular weight excluding hydrogens is 353 g/mol. The van der Waals surface area contributed by atoms with E-state index in [-0.39, 0.29) is 11.9 Å². The first-order chi connectivity index (χ1) is 12.0. The molecule has 3 rings (SSSR count). The Morgan fingerprint density at radius 3 is 2.48 bits per heavy atom. The van der Waals surface area contributed by atoms with Crippen LogP contribution in [-0.4, -0.2) is 5.91 Å². The second-order valence-electron chi connectivity index (χ2n) is 5.84. The fraction of sp³-hybridized carbons (Fsp3) is 0.0952. The van der Waals surface area contributed by atoms with E-state index in [0.717, 1.165) is 16.5 Å². The zero-order chi connectivity index (χ0) is 17.8. The van der Waals surface area contributed by atoms with Crippen molar-refractivity contribution in [2.24, 2.45) is 0 Å².